The highest BCUT2D eigenvalue weighted by molar-refractivity contribution is 6.04. The van der Waals surface area contributed by atoms with Crippen molar-refractivity contribution < 1.29 is 28.9 Å². The SMILES string of the molecule is CC1C(CN2CCCC2C(=O)OC(C)(C)C)OC(c2ccc(NC(=O)c3ccccc3)cc2)OC1c1ccc(CO)cc1. The van der Waals surface area contributed by atoms with Crippen molar-refractivity contribution in [3.63, 3.8) is 0 Å². The first-order valence-corrected chi connectivity index (χ1v) is 15.0. The molecule has 8 nitrogen and oxygen atoms in total. The number of aliphatic hydroxyl groups is 1. The standard InChI is InChI=1S/C35H42N2O6/c1-23-30(21-37-20-8-11-29(37)33(40)43-35(2,3)4)41-34(42-31(23)25-14-12-24(22-38)13-15-25)27-16-18-28(19-17-27)36-32(39)26-9-6-5-7-10-26/h5-7,9-10,12-19,23,29-31,34,38H,8,11,20-22H2,1-4H3,(H,36,39). The summed E-state index contributed by atoms with van der Waals surface area (Å²) < 4.78 is 18.9. The molecule has 5 unspecified atom stereocenters. The van der Waals surface area contributed by atoms with Gasteiger partial charge in [-0.2, -0.15) is 0 Å². The molecule has 3 aromatic rings. The van der Waals surface area contributed by atoms with E-state index in [9.17, 15) is 14.7 Å². The molecule has 5 rings (SSSR count). The summed E-state index contributed by atoms with van der Waals surface area (Å²) in [5.41, 5.74) is 3.38. The Labute approximate surface area is 254 Å². The number of benzene rings is 3. The Kier molecular flexibility index (Phi) is 9.62. The van der Waals surface area contributed by atoms with Crippen LogP contribution < -0.4 is 5.32 Å². The number of nitrogens with one attached hydrogen (secondary N) is 1. The van der Waals surface area contributed by atoms with Gasteiger partial charge in [0.1, 0.15) is 11.6 Å². The van der Waals surface area contributed by atoms with Gasteiger partial charge >= 0.3 is 5.97 Å². The van der Waals surface area contributed by atoms with Crippen LogP contribution in [0.15, 0.2) is 78.9 Å². The molecule has 5 atom stereocenters. The number of hydrogen-bond acceptors (Lipinski definition) is 7. The van der Waals surface area contributed by atoms with Crippen molar-refractivity contribution >= 4 is 17.6 Å². The van der Waals surface area contributed by atoms with Crippen LogP contribution in [0.2, 0.25) is 0 Å². The minimum Gasteiger partial charge on any atom is -0.459 e. The number of rotatable bonds is 8. The first-order chi connectivity index (χ1) is 20.6. The quantitative estimate of drug-likeness (QED) is 0.311. The Morgan fingerprint density at radius 2 is 1.63 bits per heavy atom. The molecular formula is C35H42N2O6. The van der Waals surface area contributed by atoms with Gasteiger partial charge in [0.2, 0.25) is 0 Å². The number of anilines is 1. The van der Waals surface area contributed by atoms with E-state index in [4.69, 9.17) is 14.2 Å². The smallest absolute Gasteiger partial charge is 0.323 e. The highest BCUT2D eigenvalue weighted by Crippen LogP contribution is 2.42. The molecule has 0 saturated carbocycles. The summed E-state index contributed by atoms with van der Waals surface area (Å²) in [5, 5.41) is 12.5. The lowest BCUT2D eigenvalue weighted by Gasteiger charge is -2.43. The van der Waals surface area contributed by atoms with E-state index in [1.54, 1.807) is 12.1 Å². The van der Waals surface area contributed by atoms with Crippen LogP contribution >= 0.6 is 0 Å². The first-order valence-electron chi connectivity index (χ1n) is 15.0. The monoisotopic (exact) mass is 586 g/mol. The molecule has 0 aromatic heterocycles. The van der Waals surface area contributed by atoms with Crippen molar-refractivity contribution in [1.82, 2.24) is 4.90 Å². The first kappa shape index (κ1) is 30.9. The fourth-order valence-electron chi connectivity index (χ4n) is 5.76. The fourth-order valence-corrected chi connectivity index (χ4v) is 5.76. The minimum absolute atomic E-state index is 0.0134. The van der Waals surface area contributed by atoms with E-state index in [-0.39, 0.29) is 42.7 Å². The Morgan fingerprint density at radius 3 is 2.28 bits per heavy atom. The van der Waals surface area contributed by atoms with Gasteiger partial charge in [0.25, 0.3) is 5.91 Å². The fraction of sp³-hybridized carbons (Fsp3) is 0.429. The van der Waals surface area contributed by atoms with Crippen LogP contribution in [-0.2, 0) is 25.6 Å². The lowest BCUT2D eigenvalue weighted by atomic mass is 9.90. The number of likely N-dealkylation sites (tertiary alicyclic amines) is 1. The Bertz CT molecular complexity index is 1370. The molecule has 228 valence electrons. The maximum atomic E-state index is 13.0. The molecule has 2 aliphatic rings. The number of amides is 1. The zero-order valence-corrected chi connectivity index (χ0v) is 25.4. The molecule has 0 aliphatic carbocycles. The summed E-state index contributed by atoms with van der Waals surface area (Å²) >= 11 is 0. The van der Waals surface area contributed by atoms with Crippen molar-refractivity contribution in [2.75, 3.05) is 18.4 Å². The molecule has 1 amide bonds. The van der Waals surface area contributed by atoms with Gasteiger partial charge < -0.3 is 24.6 Å². The number of nitrogens with zero attached hydrogens (tertiary/aromatic N) is 1. The molecule has 2 saturated heterocycles. The van der Waals surface area contributed by atoms with E-state index in [1.165, 1.54) is 0 Å². The normalized spacial score (nSPS) is 24.4. The van der Waals surface area contributed by atoms with E-state index in [0.717, 1.165) is 36.1 Å². The zero-order valence-electron chi connectivity index (χ0n) is 25.4. The summed E-state index contributed by atoms with van der Waals surface area (Å²) in [4.78, 5) is 27.9. The predicted octanol–water partition coefficient (Wildman–Crippen LogP) is 6.03. The van der Waals surface area contributed by atoms with Gasteiger partial charge in [-0.1, -0.05) is 61.5 Å². The van der Waals surface area contributed by atoms with Crippen LogP contribution in [-0.4, -0.2) is 52.7 Å². The summed E-state index contributed by atoms with van der Waals surface area (Å²) in [7, 11) is 0. The van der Waals surface area contributed by atoms with Crippen LogP contribution in [0.25, 0.3) is 0 Å². The van der Waals surface area contributed by atoms with Crippen LogP contribution in [0.4, 0.5) is 5.69 Å². The number of carbonyl (C=O) groups excluding carboxylic acids is 2. The van der Waals surface area contributed by atoms with E-state index in [2.05, 4.69) is 17.1 Å². The average Bonchev–Trinajstić information content (AvgIpc) is 3.47. The van der Waals surface area contributed by atoms with Crippen molar-refractivity contribution in [2.45, 2.75) is 77.3 Å². The van der Waals surface area contributed by atoms with Gasteiger partial charge in [-0.3, -0.25) is 14.5 Å². The van der Waals surface area contributed by atoms with Crippen LogP contribution in [0.3, 0.4) is 0 Å². The second-order valence-corrected chi connectivity index (χ2v) is 12.5. The molecule has 2 fully saturated rings. The predicted molar refractivity (Wildman–Crippen MR) is 164 cm³/mol. The number of ether oxygens (including phenoxy) is 3. The van der Waals surface area contributed by atoms with Crippen LogP contribution in [0, 0.1) is 5.92 Å². The van der Waals surface area contributed by atoms with Crippen LogP contribution in [0.1, 0.15) is 80.0 Å². The lowest BCUT2D eigenvalue weighted by molar-refractivity contribution is -0.276. The Hall–Kier alpha value is -3.56. The summed E-state index contributed by atoms with van der Waals surface area (Å²) in [6.45, 7) is 9.14. The second kappa shape index (κ2) is 13.4. The largest absolute Gasteiger partial charge is 0.459 e. The van der Waals surface area contributed by atoms with Crippen molar-refractivity contribution in [1.29, 1.82) is 0 Å². The topological polar surface area (TPSA) is 97.3 Å². The summed E-state index contributed by atoms with van der Waals surface area (Å²) in [6, 6.07) is 24.1. The average molecular weight is 587 g/mol. The van der Waals surface area contributed by atoms with E-state index in [1.807, 2.05) is 87.5 Å². The molecule has 3 aromatic carbocycles. The number of aliphatic hydroxyl groups excluding tert-OH is 1. The van der Waals surface area contributed by atoms with Gasteiger partial charge in [0.05, 0.1) is 18.8 Å². The van der Waals surface area contributed by atoms with E-state index >= 15 is 0 Å². The summed E-state index contributed by atoms with van der Waals surface area (Å²) in [5.74, 6) is -0.380. The van der Waals surface area contributed by atoms with Gasteiger partial charge in [0, 0.05) is 29.3 Å². The third-order valence-electron chi connectivity index (χ3n) is 8.06. The maximum absolute atomic E-state index is 13.0. The molecule has 8 heteroatoms. The molecule has 0 bridgehead atoms. The van der Waals surface area contributed by atoms with Crippen molar-refractivity contribution in [3.05, 3.63) is 101 Å². The van der Waals surface area contributed by atoms with E-state index < -0.39 is 11.9 Å². The maximum Gasteiger partial charge on any atom is 0.323 e. The minimum atomic E-state index is -0.648. The highest BCUT2D eigenvalue weighted by Gasteiger charge is 2.42. The third-order valence-corrected chi connectivity index (χ3v) is 8.06. The molecule has 0 spiro atoms. The molecule has 2 N–H and O–H groups in total. The second-order valence-electron chi connectivity index (χ2n) is 12.5. The van der Waals surface area contributed by atoms with E-state index in [0.29, 0.717) is 17.8 Å². The van der Waals surface area contributed by atoms with Crippen molar-refractivity contribution in [3.8, 4) is 0 Å². The number of carbonyl (C=O) groups is 2. The van der Waals surface area contributed by atoms with Gasteiger partial charge in [-0.05, 0) is 75.5 Å². The van der Waals surface area contributed by atoms with Crippen molar-refractivity contribution in [2.24, 2.45) is 5.92 Å². The number of hydrogen-bond donors (Lipinski definition) is 2. The molecule has 2 heterocycles. The van der Waals surface area contributed by atoms with Crippen LogP contribution in [0.5, 0.6) is 0 Å². The molecule has 0 radical (unpaired) electrons. The molecular weight excluding hydrogens is 544 g/mol. The lowest BCUT2D eigenvalue weighted by Crippen LogP contribution is -2.48. The zero-order chi connectivity index (χ0) is 30.6. The Morgan fingerprint density at radius 1 is 0.953 bits per heavy atom. The summed E-state index contributed by atoms with van der Waals surface area (Å²) in [6.07, 6.45) is 0.550. The van der Waals surface area contributed by atoms with Gasteiger partial charge in [0.15, 0.2) is 6.29 Å². The van der Waals surface area contributed by atoms with Gasteiger partial charge in [-0.15, -0.1) is 0 Å². The number of esters is 1. The molecule has 2 aliphatic heterocycles. The van der Waals surface area contributed by atoms with Gasteiger partial charge in [-0.25, -0.2) is 0 Å². The molecule has 43 heavy (non-hydrogen) atoms. The third kappa shape index (κ3) is 7.70. The Balaban J connectivity index is 1.35. The highest BCUT2D eigenvalue weighted by atomic mass is 16.7.